The van der Waals surface area contributed by atoms with E-state index in [1.54, 1.807) is 13.0 Å². The van der Waals surface area contributed by atoms with Crippen molar-refractivity contribution in [1.29, 1.82) is 0 Å². The molecule has 2 aromatic carbocycles. The predicted octanol–water partition coefficient (Wildman–Crippen LogP) is 3.65. The Morgan fingerprint density at radius 2 is 1.85 bits per heavy atom. The molecule has 2 aromatic rings. The van der Waals surface area contributed by atoms with E-state index >= 15 is 0 Å². The summed E-state index contributed by atoms with van der Waals surface area (Å²) in [7, 11) is 0. The lowest BCUT2D eigenvalue weighted by Crippen LogP contribution is -2.10. The molecule has 0 aromatic heterocycles. The van der Waals surface area contributed by atoms with Crippen LogP contribution < -0.4 is 11.1 Å². The molecule has 0 bridgehead atoms. The van der Waals surface area contributed by atoms with Gasteiger partial charge in [0.25, 0.3) is 0 Å². The zero-order chi connectivity index (χ0) is 14.7. The van der Waals surface area contributed by atoms with Crippen LogP contribution in [0.3, 0.4) is 0 Å². The van der Waals surface area contributed by atoms with Crippen LogP contribution >= 0.6 is 0 Å². The van der Waals surface area contributed by atoms with Crippen molar-refractivity contribution in [2.24, 2.45) is 0 Å². The molecule has 0 fully saturated rings. The Morgan fingerprint density at radius 3 is 2.55 bits per heavy atom. The highest BCUT2D eigenvalue weighted by Gasteiger charge is 2.11. The van der Waals surface area contributed by atoms with Crippen molar-refractivity contribution in [3.05, 3.63) is 58.9 Å². The molecule has 106 valence electrons. The van der Waals surface area contributed by atoms with E-state index in [2.05, 4.69) is 5.32 Å². The third kappa shape index (κ3) is 3.04. The molecule has 2 nitrogen and oxygen atoms in total. The van der Waals surface area contributed by atoms with Crippen molar-refractivity contribution in [3.63, 3.8) is 0 Å². The molecular formula is C15H15F3N2. The van der Waals surface area contributed by atoms with Crippen LogP contribution in [0, 0.1) is 24.4 Å². The van der Waals surface area contributed by atoms with Crippen LogP contribution in [0.1, 0.15) is 11.1 Å². The average Bonchev–Trinajstić information content (AvgIpc) is 2.40. The van der Waals surface area contributed by atoms with Gasteiger partial charge in [-0.2, -0.15) is 0 Å². The van der Waals surface area contributed by atoms with E-state index in [1.165, 1.54) is 18.2 Å². The molecular weight excluding hydrogens is 265 g/mol. The van der Waals surface area contributed by atoms with Gasteiger partial charge in [0.15, 0.2) is 11.6 Å². The number of rotatable bonds is 4. The van der Waals surface area contributed by atoms with Gasteiger partial charge in [0.2, 0.25) is 0 Å². The normalized spacial score (nSPS) is 10.6. The average molecular weight is 280 g/mol. The van der Waals surface area contributed by atoms with Gasteiger partial charge >= 0.3 is 0 Å². The summed E-state index contributed by atoms with van der Waals surface area (Å²) in [6.07, 6.45) is 0.557. The molecule has 0 aliphatic rings. The number of nitrogens with one attached hydrogen (secondary N) is 1. The van der Waals surface area contributed by atoms with Gasteiger partial charge in [-0.1, -0.05) is 6.07 Å². The maximum atomic E-state index is 13.6. The van der Waals surface area contributed by atoms with Gasteiger partial charge in [0.05, 0.1) is 11.4 Å². The predicted molar refractivity (Wildman–Crippen MR) is 74.1 cm³/mol. The van der Waals surface area contributed by atoms with Crippen LogP contribution in [-0.4, -0.2) is 6.54 Å². The third-order valence-corrected chi connectivity index (χ3v) is 3.13. The highest BCUT2D eigenvalue weighted by atomic mass is 19.2. The maximum absolute atomic E-state index is 13.6. The quantitative estimate of drug-likeness (QED) is 0.839. The van der Waals surface area contributed by atoms with E-state index in [-0.39, 0.29) is 17.2 Å². The minimum Gasteiger partial charge on any atom is -0.397 e. The minimum atomic E-state index is -0.985. The number of nitrogens with two attached hydrogens (primary N) is 1. The summed E-state index contributed by atoms with van der Waals surface area (Å²) in [4.78, 5) is 0. The van der Waals surface area contributed by atoms with Crippen LogP contribution in [0.25, 0.3) is 0 Å². The van der Waals surface area contributed by atoms with Gasteiger partial charge in [0, 0.05) is 6.54 Å². The number of halogens is 3. The summed E-state index contributed by atoms with van der Waals surface area (Å²) >= 11 is 0. The Bertz CT molecular complexity index is 627. The lowest BCUT2D eigenvalue weighted by Gasteiger charge is -2.12. The van der Waals surface area contributed by atoms with Crippen molar-refractivity contribution in [2.75, 3.05) is 17.6 Å². The lowest BCUT2D eigenvalue weighted by molar-refractivity contribution is 0.511. The first kappa shape index (κ1) is 14.2. The number of benzene rings is 2. The Morgan fingerprint density at radius 1 is 1.10 bits per heavy atom. The first-order valence-corrected chi connectivity index (χ1v) is 6.21. The largest absolute Gasteiger partial charge is 0.397 e. The summed E-state index contributed by atoms with van der Waals surface area (Å²) in [5, 5.41) is 2.78. The molecule has 5 heteroatoms. The molecule has 0 aliphatic heterocycles. The van der Waals surface area contributed by atoms with E-state index in [0.29, 0.717) is 13.0 Å². The molecule has 20 heavy (non-hydrogen) atoms. The zero-order valence-corrected chi connectivity index (χ0v) is 11.0. The topological polar surface area (TPSA) is 38.0 Å². The van der Waals surface area contributed by atoms with Crippen LogP contribution in [0.4, 0.5) is 24.5 Å². The zero-order valence-electron chi connectivity index (χ0n) is 11.0. The van der Waals surface area contributed by atoms with Crippen molar-refractivity contribution >= 4 is 11.4 Å². The first-order valence-electron chi connectivity index (χ1n) is 6.21. The summed E-state index contributed by atoms with van der Waals surface area (Å²) in [6, 6.07) is 6.79. The van der Waals surface area contributed by atoms with Crippen LogP contribution in [0.15, 0.2) is 30.3 Å². The maximum Gasteiger partial charge on any atom is 0.183 e. The van der Waals surface area contributed by atoms with Crippen molar-refractivity contribution in [2.45, 2.75) is 13.3 Å². The molecule has 0 radical (unpaired) electrons. The molecule has 2 rings (SSSR count). The minimum absolute atomic E-state index is 0.0373. The van der Waals surface area contributed by atoms with Gasteiger partial charge in [0.1, 0.15) is 5.82 Å². The highest BCUT2D eigenvalue weighted by Crippen LogP contribution is 2.24. The molecule has 0 atom stereocenters. The number of hydrogen-bond donors (Lipinski definition) is 2. The molecule has 0 heterocycles. The fourth-order valence-corrected chi connectivity index (χ4v) is 2.01. The Labute approximate surface area is 115 Å². The number of anilines is 2. The van der Waals surface area contributed by atoms with Gasteiger partial charge in [-0.3, -0.25) is 0 Å². The van der Waals surface area contributed by atoms with Crippen molar-refractivity contribution in [1.82, 2.24) is 0 Å². The molecule has 0 saturated heterocycles. The van der Waals surface area contributed by atoms with Crippen molar-refractivity contribution < 1.29 is 13.2 Å². The molecule has 0 aliphatic carbocycles. The van der Waals surface area contributed by atoms with Crippen LogP contribution in [0.5, 0.6) is 0 Å². The number of aryl methyl sites for hydroxylation is 1. The Hall–Kier alpha value is -2.17. The Kier molecular flexibility index (Phi) is 4.17. The smallest absolute Gasteiger partial charge is 0.183 e. The summed E-state index contributed by atoms with van der Waals surface area (Å²) in [5.41, 5.74) is 7.47. The number of nitrogen functional groups attached to an aromatic ring is 1. The van der Waals surface area contributed by atoms with E-state index in [0.717, 1.165) is 17.2 Å². The fourth-order valence-electron chi connectivity index (χ4n) is 2.01. The summed E-state index contributed by atoms with van der Waals surface area (Å²) < 4.78 is 39.6. The van der Waals surface area contributed by atoms with Crippen molar-refractivity contribution in [3.8, 4) is 0 Å². The monoisotopic (exact) mass is 280 g/mol. The Balaban J connectivity index is 2.05. The van der Waals surface area contributed by atoms with E-state index in [4.69, 9.17) is 5.73 Å². The third-order valence-electron chi connectivity index (χ3n) is 3.13. The number of hydrogen-bond acceptors (Lipinski definition) is 2. The standard InChI is InChI=1S/C15H15F3N2/c1-9-8-11(16)3-2-10(9)6-7-20-15-13(19)5-4-12(17)14(15)18/h2-5,8,20H,6-7,19H2,1H3. The van der Waals surface area contributed by atoms with Crippen LogP contribution in [-0.2, 0) is 6.42 Å². The van der Waals surface area contributed by atoms with Crippen LogP contribution in [0.2, 0.25) is 0 Å². The summed E-state index contributed by atoms with van der Waals surface area (Å²) in [6.45, 7) is 2.17. The second-order valence-corrected chi connectivity index (χ2v) is 4.57. The van der Waals surface area contributed by atoms with Gasteiger partial charge in [-0.15, -0.1) is 0 Å². The van der Waals surface area contributed by atoms with E-state index < -0.39 is 11.6 Å². The van der Waals surface area contributed by atoms with E-state index in [1.807, 2.05) is 0 Å². The second-order valence-electron chi connectivity index (χ2n) is 4.57. The lowest BCUT2D eigenvalue weighted by atomic mass is 10.1. The SMILES string of the molecule is Cc1cc(F)ccc1CCNc1c(N)ccc(F)c1F. The van der Waals surface area contributed by atoms with Gasteiger partial charge < -0.3 is 11.1 Å². The van der Waals surface area contributed by atoms with Gasteiger partial charge in [-0.05, 0) is 48.7 Å². The fraction of sp³-hybridized carbons (Fsp3) is 0.200. The molecule has 3 N–H and O–H groups in total. The van der Waals surface area contributed by atoms with E-state index in [9.17, 15) is 13.2 Å². The molecule has 0 saturated carbocycles. The molecule has 0 amide bonds. The second kappa shape index (κ2) is 5.86. The molecule has 0 unspecified atom stereocenters. The van der Waals surface area contributed by atoms with Gasteiger partial charge in [-0.25, -0.2) is 13.2 Å². The molecule has 0 spiro atoms. The first-order chi connectivity index (χ1) is 9.49. The summed E-state index contributed by atoms with van der Waals surface area (Å²) in [5.74, 6) is -2.22. The highest BCUT2D eigenvalue weighted by molar-refractivity contribution is 5.66.